The van der Waals surface area contributed by atoms with Crippen molar-refractivity contribution in [3.8, 4) is 0 Å². The van der Waals surface area contributed by atoms with Crippen LogP contribution in [-0.4, -0.2) is 13.1 Å². The minimum absolute atomic E-state index is 0.181. The summed E-state index contributed by atoms with van der Waals surface area (Å²) in [6, 6.07) is 1.74. The molecule has 0 spiro atoms. The highest BCUT2D eigenvalue weighted by molar-refractivity contribution is 9.10. The molecular formula is C10H12BrNO2S. The van der Waals surface area contributed by atoms with Gasteiger partial charge in [0.1, 0.15) is 0 Å². The number of hydrogen-bond donors (Lipinski definition) is 1. The predicted octanol–water partition coefficient (Wildman–Crippen LogP) is 2.46. The van der Waals surface area contributed by atoms with Crippen molar-refractivity contribution in [2.45, 2.75) is 18.9 Å². The number of carbonyl (C=O) groups is 1. The molecule has 1 aliphatic carbocycles. The molecule has 3 nitrogen and oxygen atoms in total. The average Bonchev–Trinajstić information content (AvgIpc) is 2.94. The second-order valence-electron chi connectivity index (χ2n) is 3.79. The van der Waals surface area contributed by atoms with Crippen molar-refractivity contribution >= 4 is 33.2 Å². The first kappa shape index (κ1) is 11.1. The van der Waals surface area contributed by atoms with Crippen molar-refractivity contribution in [1.29, 1.82) is 0 Å². The lowest BCUT2D eigenvalue weighted by Gasteiger charge is -2.19. The van der Waals surface area contributed by atoms with Crippen LogP contribution in [0.1, 0.15) is 23.8 Å². The van der Waals surface area contributed by atoms with Gasteiger partial charge in [0, 0.05) is 14.7 Å². The lowest BCUT2D eigenvalue weighted by molar-refractivity contribution is -0.148. The molecule has 1 aromatic heterocycles. The van der Waals surface area contributed by atoms with E-state index in [0.717, 1.165) is 22.2 Å². The molecule has 0 aromatic carbocycles. The molecule has 2 N–H and O–H groups in total. The molecule has 1 unspecified atom stereocenters. The minimum atomic E-state index is -0.459. The van der Waals surface area contributed by atoms with Gasteiger partial charge in [0.15, 0.2) is 0 Å². The quantitative estimate of drug-likeness (QED) is 0.870. The van der Waals surface area contributed by atoms with Crippen molar-refractivity contribution in [2.24, 2.45) is 11.1 Å². The predicted molar refractivity (Wildman–Crippen MR) is 62.6 cm³/mol. The molecule has 1 saturated carbocycles. The molecule has 5 heteroatoms. The fraction of sp³-hybridized carbons (Fsp3) is 0.500. The number of nitrogens with two attached hydrogens (primary N) is 1. The number of rotatable bonds is 3. The third kappa shape index (κ3) is 1.84. The maximum absolute atomic E-state index is 11.6. The molecule has 1 aliphatic rings. The van der Waals surface area contributed by atoms with E-state index in [1.807, 2.05) is 11.4 Å². The normalized spacial score (nSPS) is 19.7. The van der Waals surface area contributed by atoms with Crippen molar-refractivity contribution in [3.63, 3.8) is 0 Å². The largest absolute Gasteiger partial charge is 0.469 e. The summed E-state index contributed by atoms with van der Waals surface area (Å²) < 4.78 is 5.81. The van der Waals surface area contributed by atoms with E-state index >= 15 is 0 Å². The van der Waals surface area contributed by atoms with Crippen LogP contribution in [0.2, 0.25) is 0 Å². The van der Waals surface area contributed by atoms with Gasteiger partial charge in [0.25, 0.3) is 0 Å². The summed E-state index contributed by atoms with van der Waals surface area (Å²) in [5.41, 5.74) is 5.65. The highest BCUT2D eigenvalue weighted by Crippen LogP contribution is 2.55. The van der Waals surface area contributed by atoms with Gasteiger partial charge in [-0.15, -0.1) is 11.3 Å². The highest BCUT2D eigenvalue weighted by Gasteiger charge is 2.56. The Kier molecular flexibility index (Phi) is 2.87. The van der Waals surface area contributed by atoms with Gasteiger partial charge in [-0.1, -0.05) is 0 Å². The number of methoxy groups -OCH3 is 1. The Morgan fingerprint density at radius 2 is 2.40 bits per heavy atom. The van der Waals surface area contributed by atoms with Gasteiger partial charge in [0.2, 0.25) is 0 Å². The molecule has 1 fully saturated rings. The van der Waals surface area contributed by atoms with Crippen LogP contribution >= 0.6 is 27.3 Å². The minimum Gasteiger partial charge on any atom is -0.469 e. The van der Waals surface area contributed by atoms with E-state index in [2.05, 4.69) is 15.9 Å². The first-order valence-corrected chi connectivity index (χ1v) is 6.35. The summed E-state index contributed by atoms with van der Waals surface area (Å²) in [4.78, 5) is 12.6. The number of hydrogen-bond acceptors (Lipinski definition) is 4. The van der Waals surface area contributed by atoms with E-state index in [-0.39, 0.29) is 12.0 Å². The second kappa shape index (κ2) is 3.88. The van der Waals surface area contributed by atoms with Crippen LogP contribution in [0.3, 0.4) is 0 Å². The van der Waals surface area contributed by atoms with Gasteiger partial charge in [-0.05, 0) is 34.8 Å². The van der Waals surface area contributed by atoms with E-state index in [1.54, 1.807) is 11.3 Å². The van der Waals surface area contributed by atoms with E-state index < -0.39 is 5.41 Å². The standard InChI is InChI=1S/C10H12BrNO2S/c1-14-9(13)10(2-3-10)8(12)7-4-6(11)5-15-7/h4-5,8H,2-3,12H2,1H3. The molecule has 0 bridgehead atoms. The Morgan fingerprint density at radius 1 is 1.73 bits per heavy atom. The zero-order valence-electron chi connectivity index (χ0n) is 8.33. The zero-order valence-corrected chi connectivity index (χ0v) is 10.7. The summed E-state index contributed by atoms with van der Waals surface area (Å²) in [5, 5.41) is 1.97. The smallest absolute Gasteiger partial charge is 0.313 e. The molecule has 1 atom stereocenters. The van der Waals surface area contributed by atoms with Gasteiger partial charge in [-0.25, -0.2) is 0 Å². The van der Waals surface area contributed by atoms with Crippen LogP contribution < -0.4 is 5.73 Å². The summed E-state index contributed by atoms with van der Waals surface area (Å²) >= 11 is 4.95. The van der Waals surface area contributed by atoms with E-state index in [4.69, 9.17) is 10.5 Å². The third-order valence-corrected chi connectivity index (χ3v) is 4.65. The lowest BCUT2D eigenvalue weighted by atomic mass is 9.96. The van der Waals surface area contributed by atoms with Crippen molar-refractivity contribution < 1.29 is 9.53 Å². The molecular weight excluding hydrogens is 278 g/mol. The number of carbonyl (C=O) groups excluding carboxylic acids is 1. The fourth-order valence-corrected chi connectivity index (χ4v) is 3.31. The Labute approximate surface area is 101 Å². The second-order valence-corrected chi connectivity index (χ2v) is 5.65. The Balaban J connectivity index is 2.21. The van der Waals surface area contributed by atoms with E-state index in [0.29, 0.717) is 0 Å². The van der Waals surface area contributed by atoms with Crippen molar-refractivity contribution in [3.05, 3.63) is 20.8 Å². The van der Waals surface area contributed by atoms with Crippen LogP contribution in [0.25, 0.3) is 0 Å². The van der Waals surface area contributed by atoms with Crippen LogP contribution in [0.5, 0.6) is 0 Å². The molecule has 0 amide bonds. The average molecular weight is 290 g/mol. The van der Waals surface area contributed by atoms with Crippen LogP contribution in [0.15, 0.2) is 15.9 Å². The monoisotopic (exact) mass is 289 g/mol. The number of ether oxygens (including phenoxy) is 1. The Hall–Kier alpha value is -0.390. The lowest BCUT2D eigenvalue weighted by Crippen LogP contribution is -2.30. The number of esters is 1. The molecule has 0 aliphatic heterocycles. The van der Waals surface area contributed by atoms with E-state index in [9.17, 15) is 4.79 Å². The topological polar surface area (TPSA) is 52.3 Å². The molecule has 15 heavy (non-hydrogen) atoms. The van der Waals surface area contributed by atoms with Crippen molar-refractivity contribution in [1.82, 2.24) is 0 Å². The van der Waals surface area contributed by atoms with Gasteiger partial charge in [-0.3, -0.25) is 4.79 Å². The molecule has 0 radical (unpaired) electrons. The first-order chi connectivity index (χ1) is 7.10. The molecule has 2 rings (SSSR count). The fourth-order valence-electron chi connectivity index (χ4n) is 1.74. The first-order valence-electron chi connectivity index (χ1n) is 4.68. The van der Waals surface area contributed by atoms with Gasteiger partial charge in [0.05, 0.1) is 18.6 Å². The molecule has 1 aromatic rings. The summed E-state index contributed by atoms with van der Waals surface area (Å²) in [6.07, 6.45) is 1.66. The molecule has 0 saturated heterocycles. The summed E-state index contributed by atoms with van der Waals surface area (Å²) in [7, 11) is 1.42. The summed E-state index contributed by atoms with van der Waals surface area (Å²) in [5.74, 6) is -0.181. The third-order valence-electron chi connectivity index (χ3n) is 2.87. The zero-order chi connectivity index (χ0) is 11.1. The van der Waals surface area contributed by atoms with Gasteiger partial charge < -0.3 is 10.5 Å². The SMILES string of the molecule is COC(=O)C1(C(N)c2cc(Br)cs2)CC1. The maximum atomic E-state index is 11.6. The van der Waals surface area contributed by atoms with Crippen molar-refractivity contribution in [2.75, 3.05) is 7.11 Å². The number of halogens is 1. The maximum Gasteiger partial charge on any atom is 0.313 e. The number of thiophene rings is 1. The van der Waals surface area contributed by atoms with E-state index in [1.165, 1.54) is 7.11 Å². The highest BCUT2D eigenvalue weighted by atomic mass is 79.9. The van der Waals surface area contributed by atoms with Gasteiger partial charge >= 0.3 is 5.97 Å². The summed E-state index contributed by atoms with van der Waals surface area (Å²) in [6.45, 7) is 0. The Morgan fingerprint density at radius 3 is 2.80 bits per heavy atom. The van der Waals surface area contributed by atoms with Gasteiger partial charge in [-0.2, -0.15) is 0 Å². The van der Waals surface area contributed by atoms with Crippen LogP contribution in [-0.2, 0) is 9.53 Å². The van der Waals surface area contributed by atoms with Crippen LogP contribution in [0.4, 0.5) is 0 Å². The molecule has 82 valence electrons. The Bertz CT molecular complexity index is 387. The molecule has 1 heterocycles. The van der Waals surface area contributed by atoms with Crippen LogP contribution in [0, 0.1) is 5.41 Å².